The molecular formula is C37H51Cl2N3O4P2Ru+2. The third-order valence-corrected chi connectivity index (χ3v) is 12.1. The molecule has 0 aliphatic carbocycles. The summed E-state index contributed by atoms with van der Waals surface area (Å²) in [7, 11) is 9.49. The summed E-state index contributed by atoms with van der Waals surface area (Å²) in [6, 6.07) is 41.8. The van der Waals surface area contributed by atoms with Crippen LogP contribution < -0.4 is 26.5 Å². The van der Waals surface area contributed by atoms with E-state index in [2.05, 4.69) is 131 Å². The van der Waals surface area contributed by atoms with E-state index in [1.165, 1.54) is 35.3 Å². The molecule has 4 rings (SSSR count). The zero-order valence-electron chi connectivity index (χ0n) is 28.7. The van der Waals surface area contributed by atoms with Crippen molar-refractivity contribution in [1.29, 1.82) is 0 Å². The topological polar surface area (TPSA) is 112 Å². The molecule has 0 fully saturated rings. The summed E-state index contributed by atoms with van der Waals surface area (Å²) in [6.07, 6.45) is 1.34. The summed E-state index contributed by atoms with van der Waals surface area (Å²) in [5, 5.41) is 7.98. The number of hydrogen-bond acceptors (Lipinski definition) is 4. The molecule has 4 aromatic carbocycles. The van der Waals surface area contributed by atoms with Crippen LogP contribution in [0, 0.1) is 0 Å². The van der Waals surface area contributed by atoms with E-state index in [0.29, 0.717) is 13.1 Å². The largest absolute Gasteiger partial charge is 0.674 e. The molecule has 0 saturated heterocycles. The molecule has 4 aromatic rings. The van der Waals surface area contributed by atoms with Gasteiger partial charge in [0.15, 0.2) is 0 Å². The van der Waals surface area contributed by atoms with Gasteiger partial charge < -0.3 is 26.3 Å². The average Bonchev–Trinajstić information content (AvgIpc) is 3.10. The van der Waals surface area contributed by atoms with Gasteiger partial charge in [-0.15, -0.1) is 13.1 Å². The molecule has 7 nitrogen and oxygen atoms in total. The Bertz CT molecular complexity index is 1270. The van der Waals surface area contributed by atoms with Crippen LogP contribution in [0.25, 0.3) is 11.5 Å². The molecule has 0 spiro atoms. The van der Waals surface area contributed by atoms with Gasteiger partial charge in [0, 0.05) is 13.8 Å². The molecule has 3 N–H and O–H groups in total. The Labute approximate surface area is 312 Å². The Hall–Kier alpha value is -2.40. The number of esters is 1. The molecule has 0 radical (unpaired) electrons. The zero-order valence-corrected chi connectivity index (χ0v) is 33.9. The van der Waals surface area contributed by atoms with Gasteiger partial charge in [-0.1, -0.05) is 72.8 Å². The molecule has 0 aliphatic heterocycles. The first-order valence-electron chi connectivity index (χ1n) is 15.7. The molecule has 0 aliphatic rings. The van der Waals surface area contributed by atoms with Gasteiger partial charge in [0.2, 0.25) is 0 Å². The number of rotatable bonds is 10. The molecule has 0 aromatic heterocycles. The fraction of sp³-hybridized carbons (Fsp3) is 0.297. The van der Waals surface area contributed by atoms with Crippen LogP contribution in [-0.4, -0.2) is 56.2 Å². The molecular weight excluding hydrogens is 784 g/mol. The Balaban J connectivity index is 0.000000688. The van der Waals surface area contributed by atoms with Crippen LogP contribution in [0.5, 0.6) is 0 Å². The van der Waals surface area contributed by atoms with Crippen molar-refractivity contribution in [2.75, 3.05) is 32.5 Å². The van der Waals surface area contributed by atoms with Gasteiger partial charge >= 0.3 is 46.6 Å². The quantitative estimate of drug-likeness (QED) is 0.0982. The zero-order chi connectivity index (χ0) is 36.5. The van der Waals surface area contributed by atoms with E-state index in [-0.39, 0.29) is 16.6 Å². The number of amides is 1. The first kappa shape index (κ1) is 44.6. The van der Waals surface area contributed by atoms with E-state index in [4.69, 9.17) is 35.6 Å². The molecule has 49 heavy (non-hydrogen) atoms. The van der Waals surface area contributed by atoms with E-state index < -0.39 is 39.5 Å². The minimum Gasteiger partial charge on any atom is -0.674 e. The standard InChI is InChI=1S/2C14H15NP.C9H17NO4.2ClH.Ru.H2/c2*15-11-12-16(13-7-3-1-4-8-13)14-9-5-2-6-10-14;1-6(7(11)13-5)10-8(12)14-9(2,3)4;;;;/h2*1-10,15H,11-12H2;6H,1-5H3,(H,10,12);2*1H;;1H/q2*-1;;;;+4;/t;;6-;;;;/m..0..../s1. The maximum absolute atomic E-state index is 11.1. The molecule has 0 saturated carbocycles. The van der Waals surface area contributed by atoms with Crippen LogP contribution in [0.4, 0.5) is 4.79 Å². The van der Waals surface area contributed by atoms with E-state index in [1.54, 1.807) is 20.8 Å². The molecule has 0 heterocycles. The van der Waals surface area contributed by atoms with Crippen LogP contribution in [0.15, 0.2) is 121 Å². The summed E-state index contributed by atoms with van der Waals surface area (Å²) in [4.78, 5) is 22.1. The monoisotopic (exact) mass is 835 g/mol. The third-order valence-electron chi connectivity index (χ3n) is 6.53. The Morgan fingerprint density at radius 2 is 1.00 bits per heavy atom. The van der Waals surface area contributed by atoms with Crippen LogP contribution in [0.3, 0.4) is 0 Å². The van der Waals surface area contributed by atoms with Gasteiger partial charge in [0.1, 0.15) is 11.6 Å². The van der Waals surface area contributed by atoms with Crippen molar-refractivity contribution in [3.63, 3.8) is 0 Å². The van der Waals surface area contributed by atoms with Gasteiger partial charge in [-0.3, -0.25) is 0 Å². The normalized spacial score (nSPS) is 11.0. The Morgan fingerprint density at radius 1 is 0.714 bits per heavy atom. The number of nitrogens with one attached hydrogen (secondary N) is 3. The second-order valence-electron chi connectivity index (χ2n) is 11.4. The number of halogens is 2. The number of carbonyl (C=O) groups excluding carboxylic acids is 2. The van der Waals surface area contributed by atoms with E-state index in [1.807, 2.05) is 0 Å². The second-order valence-corrected chi connectivity index (χ2v) is 19.2. The summed E-state index contributed by atoms with van der Waals surface area (Å²) in [6.45, 7) is 7.78. The fourth-order valence-electron chi connectivity index (χ4n) is 4.44. The van der Waals surface area contributed by atoms with E-state index in [9.17, 15) is 9.59 Å². The molecule has 268 valence electrons. The number of alkyl carbamates (subject to hydrolysis) is 1. The van der Waals surface area contributed by atoms with E-state index >= 15 is 0 Å². The van der Waals surface area contributed by atoms with Crippen LogP contribution in [-0.2, 0) is 29.4 Å². The van der Waals surface area contributed by atoms with Crippen molar-refractivity contribution in [2.45, 2.75) is 39.3 Å². The maximum atomic E-state index is 11.1. The first-order valence-corrected chi connectivity index (χ1v) is 23.5. The summed E-state index contributed by atoms with van der Waals surface area (Å²) >= 11 is -0.346. The van der Waals surface area contributed by atoms with Gasteiger partial charge in [0.25, 0.3) is 0 Å². The SMILES string of the molecule is COC(=O)[C@H](C)NC(=O)OC(C)(C)C.[Cl][Ru+2][Cl].[HH].[NH-]CC[PH+](c1ccccc1)c1ccccc1.[NH-]CC[PH+](c1ccccc1)c1ccccc1. The number of benzene rings is 4. The number of ether oxygens (including phenoxy) is 2. The predicted octanol–water partition coefficient (Wildman–Crippen LogP) is 8.50. The molecule has 1 atom stereocenters. The van der Waals surface area contributed by atoms with Crippen molar-refractivity contribution in [3.8, 4) is 0 Å². The molecule has 0 unspecified atom stereocenters. The average molecular weight is 836 g/mol. The number of hydrogen-bond donors (Lipinski definition) is 1. The van der Waals surface area contributed by atoms with Crippen molar-refractivity contribution in [1.82, 2.24) is 5.32 Å². The summed E-state index contributed by atoms with van der Waals surface area (Å²) in [5.74, 6) is -0.504. The van der Waals surface area contributed by atoms with Crippen LogP contribution in [0.1, 0.15) is 29.1 Å². The predicted molar refractivity (Wildman–Crippen MR) is 214 cm³/mol. The van der Waals surface area contributed by atoms with Crippen molar-refractivity contribution in [2.24, 2.45) is 0 Å². The first-order chi connectivity index (χ1) is 23.5. The second kappa shape index (κ2) is 26.4. The Kier molecular flexibility index (Phi) is 24.1. The summed E-state index contributed by atoms with van der Waals surface area (Å²) < 4.78 is 9.38. The minimum absolute atomic E-state index is 0. The van der Waals surface area contributed by atoms with Gasteiger partial charge in [0.05, 0.1) is 44.2 Å². The maximum Gasteiger partial charge on any atom is 0.0966 e. The van der Waals surface area contributed by atoms with Crippen LogP contribution >= 0.6 is 35.2 Å². The number of methoxy groups -OCH3 is 1. The fourth-order valence-corrected chi connectivity index (χ4v) is 9.14. The smallest absolute Gasteiger partial charge is 0.0966 e. The van der Waals surface area contributed by atoms with Crippen LogP contribution in [0.2, 0.25) is 0 Å². The van der Waals surface area contributed by atoms with Crippen molar-refractivity contribution < 1.29 is 35.6 Å². The van der Waals surface area contributed by atoms with Gasteiger partial charge in [-0.25, -0.2) is 9.59 Å². The summed E-state index contributed by atoms with van der Waals surface area (Å²) in [5.41, 5.74) is 14.3. The van der Waals surface area contributed by atoms with Gasteiger partial charge in [-0.05, 0) is 76.2 Å². The number of carbonyl (C=O) groups is 2. The van der Waals surface area contributed by atoms with Gasteiger partial charge in [-0.2, -0.15) is 0 Å². The van der Waals surface area contributed by atoms with Crippen molar-refractivity contribution >= 4 is 68.5 Å². The minimum atomic E-state index is -0.738. The Morgan fingerprint density at radius 3 is 1.22 bits per heavy atom. The molecule has 1 amide bonds. The van der Waals surface area contributed by atoms with E-state index in [0.717, 1.165) is 12.3 Å². The molecule has 0 bridgehead atoms. The third kappa shape index (κ3) is 19.5. The van der Waals surface area contributed by atoms with Crippen molar-refractivity contribution in [3.05, 3.63) is 133 Å². The molecule has 12 heteroatoms.